The number of nitrogens with two attached hydrogens (primary N) is 1. The molecule has 0 bridgehead atoms. The smallest absolute Gasteiger partial charge is 0.255 e. The molecule has 2 unspecified atom stereocenters. The predicted molar refractivity (Wildman–Crippen MR) is 78.5 cm³/mol. The van der Waals surface area contributed by atoms with Crippen LogP contribution in [-0.4, -0.2) is 42.6 Å². The minimum Gasteiger partial charge on any atom is -0.373 e. The molecule has 1 fully saturated rings. The third-order valence-corrected chi connectivity index (χ3v) is 4.01. The molecule has 1 aromatic carbocycles. The Balaban J connectivity index is 2.12. The van der Waals surface area contributed by atoms with E-state index < -0.39 is 0 Å². The Bertz CT molecular complexity index is 437. The standard InChI is InChI=1S/C13H17IN2O2/c1-9(15)12-8-16(6-7-18-12)13(17)10-4-2-3-5-11(10)14/h2-5,9,12H,6-8,15H2,1H3. The molecule has 2 N–H and O–H groups in total. The van der Waals surface area contributed by atoms with E-state index in [0.29, 0.717) is 19.7 Å². The number of morpholine rings is 1. The van der Waals surface area contributed by atoms with Crippen molar-refractivity contribution in [2.75, 3.05) is 19.7 Å². The van der Waals surface area contributed by atoms with E-state index in [1.807, 2.05) is 36.1 Å². The first-order valence-corrected chi connectivity index (χ1v) is 7.08. The minimum absolute atomic E-state index is 0.0598. The summed E-state index contributed by atoms with van der Waals surface area (Å²) in [5, 5.41) is 0. The summed E-state index contributed by atoms with van der Waals surface area (Å²) < 4.78 is 6.54. The number of halogens is 1. The molecular weight excluding hydrogens is 343 g/mol. The fourth-order valence-electron chi connectivity index (χ4n) is 1.98. The van der Waals surface area contributed by atoms with Crippen LogP contribution in [0.25, 0.3) is 0 Å². The van der Waals surface area contributed by atoms with Gasteiger partial charge in [0.15, 0.2) is 0 Å². The van der Waals surface area contributed by atoms with Gasteiger partial charge in [0.25, 0.3) is 5.91 Å². The van der Waals surface area contributed by atoms with Gasteiger partial charge in [-0.25, -0.2) is 0 Å². The number of nitrogens with zero attached hydrogens (tertiary/aromatic N) is 1. The van der Waals surface area contributed by atoms with Crippen molar-refractivity contribution in [2.24, 2.45) is 5.73 Å². The highest BCUT2D eigenvalue weighted by molar-refractivity contribution is 14.1. The summed E-state index contributed by atoms with van der Waals surface area (Å²) in [4.78, 5) is 14.2. The Hall–Kier alpha value is -0.660. The molecule has 5 heteroatoms. The van der Waals surface area contributed by atoms with Crippen molar-refractivity contribution in [2.45, 2.75) is 19.1 Å². The zero-order chi connectivity index (χ0) is 13.1. The maximum absolute atomic E-state index is 12.4. The SMILES string of the molecule is CC(N)C1CN(C(=O)c2ccccc2I)CCO1. The second kappa shape index (κ2) is 5.99. The molecule has 98 valence electrons. The largest absolute Gasteiger partial charge is 0.373 e. The number of carbonyl (C=O) groups is 1. The van der Waals surface area contributed by atoms with Gasteiger partial charge in [0, 0.05) is 22.7 Å². The number of rotatable bonds is 2. The Labute approximate surface area is 121 Å². The van der Waals surface area contributed by atoms with Crippen LogP contribution in [0.5, 0.6) is 0 Å². The predicted octanol–water partition coefficient (Wildman–Crippen LogP) is 1.48. The van der Waals surface area contributed by atoms with Gasteiger partial charge in [0.1, 0.15) is 0 Å². The Kier molecular flexibility index (Phi) is 4.58. The summed E-state index contributed by atoms with van der Waals surface area (Å²) in [5.74, 6) is 0.0638. The van der Waals surface area contributed by atoms with Crippen LogP contribution in [0.3, 0.4) is 0 Å². The van der Waals surface area contributed by atoms with E-state index in [2.05, 4.69) is 22.6 Å². The van der Waals surface area contributed by atoms with Crippen LogP contribution in [0.4, 0.5) is 0 Å². The van der Waals surface area contributed by atoms with E-state index in [-0.39, 0.29) is 18.1 Å². The van der Waals surface area contributed by atoms with Crippen LogP contribution in [-0.2, 0) is 4.74 Å². The van der Waals surface area contributed by atoms with Gasteiger partial charge in [0.05, 0.1) is 18.3 Å². The third-order valence-electron chi connectivity index (χ3n) is 3.07. The van der Waals surface area contributed by atoms with Gasteiger partial charge >= 0.3 is 0 Å². The first-order valence-electron chi connectivity index (χ1n) is 6.00. The van der Waals surface area contributed by atoms with Gasteiger partial charge in [-0.3, -0.25) is 4.79 Å². The Morgan fingerprint density at radius 1 is 1.56 bits per heavy atom. The maximum atomic E-state index is 12.4. The summed E-state index contributed by atoms with van der Waals surface area (Å²) in [5.41, 5.74) is 6.59. The molecule has 1 amide bonds. The van der Waals surface area contributed by atoms with Crippen molar-refractivity contribution in [3.8, 4) is 0 Å². The Morgan fingerprint density at radius 2 is 2.28 bits per heavy atom. The molecule has 0 radical (unpaired) electrons. The summed E-state index contributed by atoms with van der Waals surface area (Å²) in [6.45, 7) is 3.67. The number of carbonyl (C=O) groups excluding carboxylic acids is 1. The lowest BCUT2D eigenvalue weighted by atomic mass is 10.1. The molecular formula is C13H17IN2O2. The molecule has 0 aliphatic carbocycles. The molecule has 1 aliphatic rings. The number of benzene rings is 1. The van der Waals surface area contributed by atoms with E-state index in [1.54, 1.807) is 0 Å². The highest BCUT2D eigenvalue weighted by atomic mass is 127. The first kappa shape index (κ1) is 13.8. The van der Waals surface area contributed by atoms with E-state index >= 15 is 0 Å². The molecule has 0 spiro atoms. The molecule has 1 aliphatic heterocycles. The molecule has 0 aromatic heterocycles. The molecule has 1 saturated heterocycles. The van der Waals surface area contributed by atoms with Gasteiger partial charge in [-0.1, -0.05) is 12.1 Å². The average molecular weight is 360 g/mol. The van der Waals surface area contributed by atoms with E-state index in [0.717, 1.165) is 9.13 Å². The van der Waals surface area contributed by atoms with E-state index in [9.17, 15) is 4.79 Å². The molecule has 4 nitrogen and oxygen atoms in total. The van der Waals surface area contributed by atoms with Gasteiger partial charge in [-0.15, -0.1) is 0 Å². The highest BCUT2D eigenvalue weighted by Gasteiger charge is 2.27. The number of amides is 1. The van der Waals surface area contributed by atoms with Crippen LogP contribution in [0.1, 0.15) is 17.3 Å². The van der Waals surface area contributed by atoms with E-state index in [1.165, 1.54) is 0 Å². The zero-order valence-corrected chi connectivity index (χ0v) is 12.5. The fourth-order valence-corrected chi connectivity index (χ4v) is 2.60. The van der Waals surface area contributed by atoms with Crippen molar-refractivity contribution in [1.82, 2.24) is 4.90 Å². The van der Waals surface area contributed by atoms with E-state index in [4.69, 9.17) is 10.5 Å². The molecule has 2 atom stereocenters. The summed E-state index contributed by atoms with van der Waals surface area (Å²) in [6.07, 6.45) is -0.0657. The van der Waals surface area contributed by atoms with Crippen LogP contribution in [0.15, 0.2) is 24.3 Å². The zero-order valence-electron chi connectivity index (χ0n) is 10.3. The average Bonchev–Trinajstić information content (AvgIpc) is 2.38. The van der Waals surface area contributed by atoms with Crippen molar-refractivity contribution < 1.29 is 9.53 Å². The number of hydrogen-bond acceptors (Lipinski definition) is 3. The summed E-state index contributed by atoms with van der Waals surface area (Å²) >= 11 is 2.19. The fraction of sp³-hybridized carbons (Fsp3) is 0.462. The topological polar surface area (TPSA) is 55.6 Å². The summed E-state index contributed by atoms with van der Waals surface area (Å²) in [7, 11) is 0. The maximum Gasteiger partial charge on any atom is 0.255 e. The molecule has 0 saturated carbocycles. The van der Waals surface area contributed by atoms with Crippen LogP contribution >= 0.6 is 22.6 Å². The lowest BCUT2D eigenvalue weighted by Gasteiger charge is -2.34. The summed E-state index contributed by atoms with van der Waals surface area (Å²) in [6, 6.07) is 7.56. The van der Waals surface area contributed by atoms with Crippen molar-refractivity contribution in [3.63, 3.8) is 0 Å². The second-order valence-electron chi connectivity index (χ2n) is 4.50. The second-order valence-corrected chi connectivity index (χ2v) is 5.66. The third kappa shape index (κ3) is 3.02. The normalized spacial score (nSPS) is 21.7. The van der Waals surface area contributed by atoms with Gasteiger partial charge < -0.3 is 15.4 Å². The number of ether oxygens (including phenoxy) is 1. The lowest BCUT2D eigenvalue weighted by Crippen LogP contribution is -2.51. The minimum atomic E-state index is -0.0657. The first-order chi connectivity index (χ1) is 8.59. The quantitative estimate of drug-likeness (QED) is 0.813. The molecule has 2 rings (SSSR count). The molecule has 18 heavy (non-hydrogen) atoms. The monoisotopic (exact) mass is 360 g/mol. The van der Waals surface area contributed by atoms with Crippen molar-refractivity contribution in [3.05, 3.63) is 33.4 Å². The van der Waals surface area contributed by atoms with Crippen LogP contribution in [0, 0.1) is 3.57 Å². The number of hydrogen-bond donors (Lipinski definition) is 1. The highest BCUT2D eigenvalue weighted by Crippen LogP contribution is 2.16. The van der Waals surface area contributed by atoms with Crippen LogP contribution < -0.4 is 5.73 Å². The van der Waals surface area contributed by atoms with Crippen molar-refractivity contribution >= 4 is 28.5 Å². The van der Waals surface area contributed by atoms with Crippen molar-refractivity contribution in [1.29, 1.82) is 0 Å². The molecule has 1 aromatic rings. The lowest BCUT2D eigenvalue weighted by molar-refractivity contribution is -0.0300. The van der Waals surface area contributed by atoms with Gasteiger partial charge in [-0.05, 0) is 41.6 Å². The van der Waals surface area contributed by atoms with Crippen LogP contribution in [0.2, 0.25) is 0 Å². The van der Waals surface area contributed by atoms with Gasteiger partial charge in [0.2, 0.25) is 0 Å². The molecule has 1 heterocycles. The van der Waals surface area contributed by atoms with Gasteiger partial charge in [-0.2, -0.15) is 0 Å². The Morgan fingerprint density at radius 3 is 2.94 bits per heavy atom.